The molecule has 0 bridgehead atoms. The molecule has 0 spiro atoms. The summed E-state index contributed by atoms with van der Waals surface area (Å²) >= 11 is 1.48. The number of thioether (sulfide) groups is 1. The third kappa shape index (κ3) is 4.32. The molecular formula is C20H21N3O2S. The highest BCUT2D eigenvalue weighted by Gasteiger charge is 2.36. The molecule has 1 unspecified atom stereocenters. The number of benzene rings is 2. The van der Waals surface area contributed by atoms with Crippen molar-refractivity contribution in [3.8, 4) is 5.75 Å². The van der Waals surface area contributed by atoms with Crippen LogP contribution in [0.15, 0.2) is 64.8 Å². The van der Waals surface area contributed by atoms with E-state index in [1.807, 2.05) is 61.5 Å². The molecule has 1 aliphatic rings. The highest BCUT2D eigenvalue weighted by Crippen LogP contribution is 2.30. The van der Waals surface area contributed by atoms with Crippen LogP contribution in [0, 0.1) is 0 Å². The van der Waals surface area contributed by atoms with Crippen LogP contribution in [0.3, 0.4) is 0 Å². The number of nitrogens with zero attached hydrogens (tertiary/aromatic N) is 3. The van der Waals surface area contributed by atoms with Gasteiger partial charge in [-0.25, -0.2) is 0 Å². The van der Waals surface area contributed by atoms with E-state index in [4.69, 9.17) is 4.74 Å². The topological polar surface area (TPSA) is 54.3 Å². The molecule has 1 aliphatic heterocycles. The molecule has 1 fully saturated rings. The van der Waals surface area contributed by atoms with Crippen LogP contribution in [0.25, 0.3) is 0 Å². The van der Waals surface area contributed by atoms with Gasteiger partial charge in [-0.3, -0.25) is 9.69 Å². The third-order valence-electron chi connectivity index (χ3n) is 4.04. The first-order valence-electron chi connectivity index (χ1n) is 8.48. The van der Waals surface area contributed by atoms with Crippen molar-refractivity contribution in [2.45, 2.75) is 25.1 Å². The smallest absolute Gasteiger partial charge is 0.242 e. The standard InChI is InChI=1S/C20H21N3O2S/c1-3-18-19(24)23(14-16-7-5-4-6-8-16)20(26-18)22-21-13-15-9-11-17(25-2)12-10-15/h4-13,18H,3,14H2,1-2H3/b21-13+,22-20+. The zero-order chi connectivity index (χ0) is 18.4. The van der Waals surface area contributed by atoms with Gasteiger partial charge in [0.05, 0.1) is 25.1 Å². The van der Waals surface area contributed by atoms with Crippen LogP contribution < -0.4 is 4.74 Å². The van der Waals surface area contributed by atoms with Crippen LogP contribution >= 0.6 is 11.8 Å². The molecule has 0 saturated carbocycles. The van der Waals surface area contributed by atoms with Gasteiger partial charge >= 0.3 is 0 Å². The molecule has 1 amide bonds. The molecule has 1 saturated heterocycles. The molecule has 0 aromatic heterocycles. The van der Waals surface area contributed by atoms with E-state index in [0.29, 0.717) is 11.7 Å². The van der Waals surface area contributed by atoms with E-state index in [-0.39, 0.29) is 11.2 Å². The van der Waals surface area contributed by atoms with Crippen molar-refractivity contribution in [2.75, 3.05) is 7.11 Å². The second kappa shape index (κ2) is 8.67. The van der Waals surface area contributed by atoms with Crippen molar-refractivity contribution < 1.29 is 9.53 Å². The monoisotopic (exact) mass is 367 g/mol. The van der Waals surface area contributed by atoms with E-state index in [0.717, 1.165) is 23.3 Å². The number of hydrogen-bond donors (Lipinski definition) is 0. The average Bonchev–Trinajstić information content (AvgIpc) is 2.98. The Bertz CT molecular complexity index is 804. The average molecular weight is 367 g/mol. The van der Waals surface area contributed by atoms with Crippen molar-refractivity contribution in [2.24, 2.45) is 10.2 Å². The van der Waals surface area contributed by atoms with Crippen molar-refractivity contribution >= 4 is 29.1 Å². The summed E-state index contributed by atoms with van der Waals surface area (Å²) in [6.45, 7) is 2.53. The Morgan fingerprint density at radius 2 is 1.88 bits per heavy atom. The zero-order valence-corrected chi connectivity index (χ0v) is 15.6. The minimum Gasteiger partial charge on any atom is -0.497 e. The molecule has 0 aliphatic carbocycles. The SMILES string of the molecule is CCC1S/C(=N/N=C/c2ccc(OC)cc2)N(Cc2ccccc2)C1=O. The van der Waals surface area contributed by atoms with Crippen molar-refractivity contribution in [3.63, 3.8) is 0 Å². The van der Waals surface area contributed by atoms with Gasteiger partial charge in [-0.1, -0.05) is 49.0 Å². The van der Waals surface area contributed by atoms with E-state index in [1.165, 1.54) is 11.8 Å². The maximum atomic E-state index is 12.6. The van der Waals surface area contributed by atoms with Gasteiger partial charge in [0, 0.05) is 0 Å². The maximum Gasteiger partial charge on any atom is 0.242 e. The summed E-state index contributed by atoms with van der Waals surface area (Å²) < 4.78 is 5.14. The number of hydrogen-bond acceptors (Lipinski definition) is 5. The lowest BCUT2D eigenvalue weighted by Crippen LogP contribution is -2.31. The Kier molecular flexibility index (Phi) is 6.07. The Morgan fingerprint density at radius 1 is 1.15 bits per heavy atom. The van der Waals surface area contributed by atoms with Crippen LogP contribution in [-0.2, 0) is 11.3 Å². The zero-order valence-electron chi connectivity index (χ0n) is 14.8. The van der Waals surface area contributed by atoms with E-state index < -0.39 is 0 Å². The molecule has 2 aromatic carbocycles. The van der Waals surface area contributed by atoms with Gasteiger partial charge in [0.2, 0.25) is 5.91 Å². The third-order valence-corrected chi connectivity index (χ3v) is 5.37. The van der Waals surface area contributed by atoms with Crippen LogP contribution in [0.1, 0.15) is 24.5 Å². The van der Waals surface area contributed by atoms with Crippen molar-refractivity contribution in [3.05, 3.63) is 65.7 Å². The lowest BCUT2D eigenvalue weighted by Gasteiger charge is -2.15. The van der Waals surface area contributed by atoms with Gasteiger partial charge in [-0.2, -0.15) is 5.10 Å². The molecule has 26 heavy (non-hydrogen) atoms. The molecule has 2 aromatic rings. The molecule has 134 valence electrons. The summed E-state index contributed by atoms with van der Waals surface area (Å²) in [7, 11) is 1.63. The molecule has 5 nitrogen and oxygen atoms in total. The summed E-state index contributed by atoms with van der Waals surface area (Å²) in [5.74, 6) is 0.894. The largest absolute Gasteiger partial charge is 0.497 e. The summed E-state index contributed by atoms with van der Waals surface area (Å²) in [6.07, 6.45) is 2.45. The first kappa shape index (κ1) is 18.2. The first-order valence-corrected chi connectivity index (χ1v) is 9.36. The normalized spacial score (nSPS) is 18.8. The summed E-state index contributed by atoms with van der Waals surface area (Å²) in [5, 5.41) is 9.05. The molecule has 3 rings (SSSR count). The summed E-state index contributed by atoms with van der Waals surface area (Å²) in [6, 6.07) is 17.5. The van der Waals surface area contributed by atoms with Gasteiger partial charge in [0.1, 0.15) is 5.75 Å². The maximum absolute atomic E-state index is 12.6. The minimum absolute atomic E-state index is 0.0892. The molecule has 6 heteroatoms. The first-order chi connectivity index (χ1) is 12.7. The number of amides is 1. The van der Waals surface area contributed by atoms with Gasteiger partial charge in [-0.05, 0) is 41.8 Å². The highest BCUT2D eigenvalue weighted by molar-refractivity contribution is 8.15. The fraction of sp³-hybridized carbons (Fsp3) is 0.250. The molecule has 1 atom stereocenters. The van der Waals surface area contributed by atoms with E-state index in [2.05, 4.69) is 10.2 Å². The van der Waals surface area contributed by atoms with Gasteiger partial charge in [0.15, 0.2) is 5.17 Å². The number of rotatable bonds is 6. The Labute approximate surface area is 157 Å². The number of amidine groups is 1. The van der Waals surface area contributed by atoms with E-state index >= 15 is 0 Å². The van der Waals surface area contributed by atoms with Gasteiger partial charge in [-0.15, -0.1) is 5.10 Å². The Balaban J connectivity index is 1.76. The fourth-order valence-electron chi connectivity index (χ4n) is 2.59. The van der Waals surface area contributed by atoms with E-state index in [9.17, 15) is 4.79 Å². The van der Waals surface area contributed by atoms with E-state index in [1.54, 1.807) is 18.2 Å². The predicted molar refractivity (Wildman–Crippen MR) is 107 cm³/mol. The number of carbonyl (C=O) groups is 1. The number of methoxy groups -OCH3 is 1. The molecule has 1 heterocycles. The molecular weight excluding hydrogens is 346 g/mol. The van der Waals surface area contributed by atoms with Crippen molar-refractivity contribution in [1.29, 1.82) is 0 Å². The van der Waals surface area contributed by atoms with Gasteiger partial charge in [0.25, 0.3) is 0 Å². The summed E-state index contributed by atoms with van der Waals surface area (Å²) in [4.78, 5) is 14.3. The molecule has 0 radical (unpaired) electrons. The van der Waals surface area contributed by atoms with Crippen molar-refractivity contribution in [1.82, 2.24) is 4.90 Å². The highest BCUT2D eigenvalue weighted by atomic mass is 32.2. The lowest BCUT2D eigenvalue weighted by atomic mass is 10.2. The van der Waals surface area contributed by atoms with Crippen LogP contribution in [0.4, 0.5) is 0 Å². The second-order valence-corrected chi connectivity index (χ2v) is 6.99. The van der Waals surface area contributed by atoms with Crippen LogP contribution in [-0.4, -0.2) is 34.5 Å². The Morgan fingerprint density at radius 3 is 2.54 bits per heavy atom. The van der Waals surface area contributed by atoms with Crippen LogP contribution in [0.5, 0.6) is 5.75 Å². The number of carbonyl (C=O) groups excluding carboxylic acids is 1. The lowest BCUT2D eigenvalue weighted by molar-refractivity contribution is -0.126. The van der Waals surface area contributed by atoms with Gasteiger partial charge < -0.3 is 4.74 Å². The predicted octanol–water partition coefficient (Wildman–Crippen LogP) is 3.94. The summed E-state index contributed by atoms with van der Waals surface area (Å²) in [5.41, 5.74) is 2.00. The Hall–Kier alpha value is -2.60. The fourth-order valence-corrected chi connectivity index (χ4v) is 3.62. The number of ether oxygens (including phenoxy) is 1. The molecule has 0 N–H and O–H groups in total. The van der Waals surface area contributed by atoms with Crippen LogP contribution in [0.2, 0.25) is 0 Å². The quantitative estimate of drug-likeness (QED) is 0.574. The second-order valence-electron chi connectivity index (χ2n) is 5.83. The minimum atomic E-state index is -0.0892.